The number of rotatable bonds is 5. The van der Waals surface area contributed by atoms with Crippen LogP contribution in [0.4, 0.5) is 14.5 Å². The van der Waals surface area contributed by atoms with Gasteiger partial charge >= 0.3 is 5.97 Å². The summed E-state index contributed by atoms with van der Waals surface area (Å²) >= 11 is 0. The molecule has 1 atom stereocenters. The van der Waals surface area contributed by atoms with E-state index in [9.17, 15) is 13.6 Å². The molecule has 0 saturated carbocycles. The number of nitrogens with zero attached hydrogens (tertiary/aromatic N) is 3. The molecule has 2 aliphatic rings. The molecule has 6 nitrogen and oxygen atoms in total. The van der Waals surface area contributed by atoms with Gasteiger partial charge in [0.05, 0.1) is 12.5 Å². The highest BCUT2D eigenvalue weighted by Gasteiger charge is 2.28. The minimum Gasteiger partial charge on any atom is -0.466 e. The first-order chi connectivity index (χ1) is 14.0. The average Bonchev–Trinajstić information content (AvgIpc) is 3.20. The Kier molecular flexibility index (Phi) is 7.28. The van der Waals surface area contributed by atoms with E-state index in [1.807, 2.05) is 6.92 Å². The maximum absolute atomic E-state index is 13.5. The van der Waals surface area contributed by atoms with Gasteiger partial charge in [-0.25, -0.2) is 8.78 Å². The van der Waals surface area contributed by atoms with Crippen molar-refractivity contribution in [1.29, 1.82) is 0 Å². The van der Waals surface area contributed by atoms with E-state index in [1.54, 1.807) is 13.1 Å². The van der Waals surface area contributed by atoms with Crippen molar-refractivity contribution in [3.05, 3.63) is 29.8 Å². The summed E-state index contributed by atoms with van der Waals surface area (Å²) in [6.07, 6.45) is 2.52. The number of guanidine groups is 1. The summed E-state index contributed by atoms with van der Waals surface area (Å²) in [7, 11) is 1.77. The second kappa shape index (κ2) is 9.89. The van der Waals surface area contributed by atoms with Gasteiger partial charge in [-0.2, -0.15) is 0 Å². The fourth-order valence-electron chi connectivity index (χ4n) is 4.07. The van der Waals surface area contributed by atoms with Gasteiger partial charge in [0, 0.05) is 51.5 Å². The molecular weight excluding hydrogens is 378 g/mol. The maximum atomic E-state index is 13.5. The number of aliphatic imine (C=N–C) groups is 1. The van der Waals surface area contributed by atoms with Crippen LogP contribution in [-0.4, -0.2) is 63.2 Å². The van der Waals surface area contributed by atoms with Crippen LogP contribution in [0.3, 0.4) is 0 Å². The number of esters is 1. The summed E-state index contributed by atoms with van der Waals surface area (Å²) in [5.41, 5.74) is 0.719. The van der Waals surface area contributed by atoms with Gasteiger partial charge in [0.1, 0.15) is 0 Å². The summed E-state index contributed by atoms with van der Waals surface area (Å²) in [6, 6.07) is 4.07. The van der Waals surface area contributed by atoms with E-state index in [0.717, 1.165) is 63.6 Å². The SMILES string of the molecule is CCOC(=O)C1CCN(C(=NC)NCC2CCN(c3ccc(F)c(F)c3)C2)CC1. The Hall–Kier alpha value is -2.38. The first-order valence-electron chi connectivity index (χ1n) is 10.3. The van der Waals surface area contributed by atoms with Gasteiger partial charge in [-0.05, 0) is 44.2 Å². The van der Waals surface area contributed by atoms with Gasteiger partial charge in [-0.15, -0.1) is 0 Å². The normalized spacial score (nSPS) is 20.8. The van der Waals surface area contributed by atoms with E-state index >= 15 is 0 Å². The van der Waals surface area contributed by atoms with Crippen LogP contribution in [0, 0.1) is 23.5 Å². The molecule has 0 aliphatic carbocycles. The molecule has 2 heterocycles. The van der Waals surface area contributed by atoms with E-state index in [2.05, 4.69) is 20.1 Å². The number of benzene rings is 1. The predicted octanol–water partition coefficient (Wildman–Crippen LogP) is 2.64. The first kappa shape index (κ1) is 21.3. The van der Waals surface area contributed by atoms with Crippen molar-refractivity contribution in [2.45, 2.75) is 26.2 Å². The smallest absolute Gasteiger partial charge is 0.309 e. The molecule has 1 aromatic carbocycles. The number of likely N-dealkylation sites (tertiary alicyclic amines) is 1. The number of carbonyl (C=O) groups excluding carboxylic acids is 1. The molecule has 3 rings (SSSR count). The maximum Gasteiger partial charge on any atom is 0.309 e. The van der Waals surface area contributed by atoms with Crippen LogP contribution < -0.4 is 10.2 Å². The number of piperidine rings is 1. The lowest BCUT2D eigenvalue weighted by atomic mass is 9.97. The van der Waals surface area contributed by atoms with Crippen LogP contribution in [0.15, 0.2) is 23.2 Å². The zero-order chi connectivity index (χ0) is 20.8. The third kappa shape index (κ3) is 5.36. The largest absolute Gasteiger partial charge is 0.466 e. The van der Waals surface area contributed by atoms with Crippen molar-refractivity contribution in [3.63, 3.8) is 0 Å². The zero-order valence-electron chi connectivity index (χ0n) is 17.2. The lowest BCUT2D eigenvalue weighted by molar-refractivity contribution is -0.149. The average molecular weight is 408 g/mol. The first-order valence-corrected chi connectivity index (χ1v) is 10.3. The lowest BCUT2D eigenvalue weighted by Gasteiger charge is -2.33. The van der Waals surface area contributed by atoms with Crippen LogP contribution >= 0.6 is 0 Å². The molecule has 1 aromatic rings. The molecule has 0 spiro atoms. The lowest BCUT2D eigenvalue weighted by Crippen LogP contribution is -2.47. The Bertz CT molecular complexity index is 735. The van der Waals surface area contributed by atoms with Crippen LogP contribution in [-0.2, 0) is 9.53 Å². The molecule has 1 N–H and O–H groups in total. The van der Waals surface area contributed by atoms with Gasteiger partial charge < -0.3 is 19.9 Å². The monoisotopic (exact) mass is 408 g/mol. The number of nitrogens with one attached hydrogen (secondary N) is 1. The number of carbonyl (C=O) groups is 1. The molecule has 0 bridgehead atoms. The molecule has 0 aromatic heterocycles. The molecule has 2 saturated heterocycles. The summed E-state index contributed by atoms with van der Waals surface area (Å²) in [5.74, 6) is -0.505. The minimum atomic E-state index is -0.818. The summed E-state index contributed by atoms with van der Waals surface area (Å²) in [4.78, 5) is 20.5. The number of halogens is 2. The molecule has 0 radical (unpaired) electrons. The van der Waals surface area contributed by atoms with Crippen molar-refractivity contribution in [1.82, 2.24) is 10.2 Å². The number of anilines is 1. The Morgan fingerprint density at radius 2 is 1.97 bits per heavy atom. The molecular formula is C21H30F2N4O2. The fourth-order valence-corrected chi connectivity index (χ4v) is 4.07. The highest BCUT2D eigenvalue weighted by atomic mass is 19.2. The Morgan fingerprint density at radius 3 is 2.62 bits per heavy atom. The fraction of sp³-hybridized carbons (Fsp3) is 0.619. The third-order valence-electron chi connectivity index (χ3n) is 5.73. The van der Waals surface area contributed by atoms with Crippen molar-refractivity contribution in [2.75, 3.05) is 51.3 Å². The van der Waals surface area contributed by atoms with E-state index < -0.39 is 11.6 Å². The Labute approximate surface area is 170 Å². The molecule has 1 unspecified atom stereocenters. The highest BCUT2D eigenvalue weighted by Crippen LogP contribution is 2.25. The van der Waals surface area contributed by atoms with Crippen molar-refractivity contribution in [2.24, 2.45) is 16.8 Å². The topological polar surface area (TPSA) is 57.2 Å². The molecule has 160 valence electrons. The standard InChI is InChI=1S/C21H30F2N4O2/c1-3-29-20(28)16-7-10-26(11-8-16)21(24-2)25-13-15-6-9-27(14-15)17-4-5-18(22)19(23)12-17/h4-5,12,15-16H,3,6-11,13-14H2,1-2H3,(H,24,25). The predicted molar refractivity (Wildman–Crippen MR) is 109 cm³/mol. The molecule has 0 amide bonds. The van der Waals surface area contributed by atoms with Crippen molar-refractivity contribution in [3.8, 4) is 0 Å². The minimum absolute atomic E-state index is 0.0243. The van der Waals surface area contributed by atoms with Gasteiger partial charge in [-0.3, -0.25) is 9.79 Å². The second-order valence-corrected chi connectivity index (χ2v) is 7.64. The Balaban J connectivity index is 1.46. The molecule has 2 fully saturated rings. The summed E-state index contributed by atoms with van der Waals surface area (Å²) in [6.45, 7) is 6.18. The number of hydrogen-bond acceptors (Lipinski definition) is 4. The molecule has 29 heavy (non-hydrogen) atoms. The molecule has 2 aliphatic heterocycles. The van der Waals surface area contributed by atoms with Crippen molar-refractivity contribution < 1.29 is 18.3 Å². The van der Waals surface area contributed by atoms with Crippen LogP contribution in [0.1, 0.15) is 26.2 Å². The van der Waals surface area contributed by atoms with E-state index in [1.165, 1.54) is 12.1 Å². The second-order valence-electron chi connectivity index (χ2n) is 7.64. The van der Waals surface area contributed by atoms with Gasteiger partial charge in [0.15, 0.2) is 17.6 Å². The van der Waals surface area contributed by atoms with E-state index in [0.29, 0.717) is 12.5 Å². The van der Waals surface area contributed by atoms with Crippen LogP contribution in [0.2, 0.25) is 0 Å². The number of ether oxygens (including phenoxy) is 1. The van der Waals surface area contributed by atoms with Gasteiger partial charge in [-0.1, -0.05) is 0 Å². The molecule has 8 heteroatoms. The van der Waals surface area contributed by atoms with Crippen LogP contribution in [0.25, 0.3) is 0 Å². The van der Waals surface area contributed by atoms with Crippen LogP contribution in [0.5, 0.6) is 0 Å². The quantitative estimate of drug-likeness (QED) is 0.461. The highest BCUT2D eigenvalue weighted by molar-refractivity contribution is 5.80. The van der Waals surface area contributed by atoms with E-state index in [4.69, 9.17) is 4.74 Å². The van der Waals surface area contributed by atoms with E-state index in [-0.39, 0.29) is 11.9 Å². The summed E-state index contributed by atoms with van der Waals surface area (Å²) in [5, 5.41) is 3.44. The van der Waals surface area contributed by atoms with Crippen molar-refractivity contribution >= 4 is 17.6 Å². The van der Waals surface area contributed by atoms with Gasteiger partial charge in [0.2, 0.25) is 0 Å². The Morgan fingerprint density at radius 1 is 1.21 bits per heavy atom. The summed E-state index contributed by atoms with van der Waals surface area (Å²) < 4.78 is 31.8. The third-order valence-corrected chi connectivity index (χ3v) is 5.73. The zero-order valence-corrected chi connectivity index (χ0v) is 17.2. The number of hydrogen-bond donors (Lipinski definition) is 1. The van der Waals surface area contributed by atoms with Gasteiger partial charge in [0.25, 0.3) is 0 Å².